The first-order chi connectivity index (χ1) is 18.3. The van der Waals surface area contributed by atoms with E-state index in [1.807, 2.05) is 91.0 Å². The molecule has 3 aromatic carbocycles. The molecule has 196 valence electrons. The third-order valence-electron chi connectivity index (χ3n) is 7.07. The second-order valence-corrected chi connectivity index (χ2v) is 10.0. The van der Waals surface area contributed by atoms with Crippen LogP contribution in [-0.2, 0) is 24.6 Å². The molecule has 38 heavy (non-hydrogen) atoms. The van der Waals surface area contributed by atoms with Gasteiger partial charge in [-0.2, -0.15) is 0 Å². The first kappa shape index (κ1) is 26.0. The minimum absolute atomic E-state index is 0.130. The number of nitrogens with zero attached hydrogens (tertiary/aromatic N) is 1. The molecule has 2 heterocycles. The fraction of sp³-hybridized carbons (Fsp3) is 0.290. The number of carbonyl (C=O) groups is 2. The van der Waals surface area contributed by atoms with Gasteiger partial charge in [-0.3, -0.25) is 14.5 Å². The van der Waals surface area contributed by atoms with Crippen molar-refractivity contribution in [2.45, 2.75) is 49.9 Å². The van der Waals surface area contributed by atoms with Gasteiger partial charge in [-0.1, -0.05) is 91.0 Å². The molecule has 2 saturated heterocycles. The van der Waals surface area contributed by atoms with Gasteiger partial charge in [0.25, 0.3) is 5.91 Å². The fourth-order valence-electron chi connectivity index (χ4n) is 5.52. The van der Waals surface area contributed by atoms with Crippen LogP contribution in [0.2, 0.25) is 0 Å². The van der Waals surface area contributed by atoms with E-state index in [1.54, 1.807) is 19.9 Å². The Bertz CT molecular complexity index is 1230. The van der Waals surface area contributed by atoms with Crippen LogP contribution in [0.25, 0.3) is 0 Å². The molecular weight excluding hydrogens is 482 g/mol. The molecule has 0 saturated carbocycles. The molecule has 0 aliphatic carbocycles. The van der Waals surface area contributed by atoms with Gasteiger partial charge in [0, 0.05) is 5.57 Å². The highest BCUT2D eigenvalue weighted by atomic mass is 16.8. The Morgan fingerprint density at radius 1 is 0.895 bits per heavy atom. The van der Waals surface area contributed by atoms with Crippen molar-refractivity contribution >= 4 is 11.8 Å². The molecule has 5 rings (SSSR count). The zero-order chi connectivity index (χ0) is 26.9. The Hall–Kier alpha value is -3.62. The zero-order valence-electron chi connectivity index (χ0n) is 21.4. The first-order valence-electron chi connectivity index (χ1n) is 12.7. The van der Waals surface area contributed by atoms with E-state index in [2.05, 4.69) is 0 Å². The lowest BCUT2D eigenvalue weighted by Crippen LogP contribution is -2.51. The van der Waals surface area contributed by atoms with Crippen molar-refractivity contribution in [1.82, 2.24) is 4.90 Å². The highest BCUT2D eigenvalue weighted by Gasteiger charge is 2.52. The molecule has 2 fully saturated rings. The van der Waals surface area contributed by atoms with Crippen LogP contribution in [0.4, 0.5) is 0 Å². The van der Waals surface area contributed by atoms with Crippen molar-refractivity contribution in [3.63, 3.8) is 0 Å². The minimum atomic E-state index is -1.22. The monoisotopic (exact) mass is 513 g/mol. The van der Waals surface area contributed by atoms with Gasteiger partial charge in [0.05, 0.1) is 13.0 Å². The van der Waals surface area contributed by atoms with Crippen molar-refractivity contribution in [3.8, 4) is 0 Å². The minimum Gasteiger partial charge on any atom is -0.394 e. The molecule has 3 aromatic rings. The molecule has 0 bridgehead atoms. The van der Waals surface area contributed by atoms with Crippen molar-refractivity contribution in [2.24, 2.45) is 0 Å². The van der Waals surface area contributed by atoms with E-state index in [0.717, 1.165) is 16.7 Å². The summed E-state index contributed by atoms with van der Waals surface area (Å²) in [5, 5.41) is 19.9. The van der Waals surface area contributed by atoms with Crippen molar-refractivity contribution in [2.75, 3.05) is 6.61 Å². The number of benzene rings is 3. The summed E-state index contributed by atoms with van der Waals surface area (Å²) in [5.74, 6) is -1.83. The summed E-state index contributed by atoms with van der Waals surface area (Å²) in [5.41, 5.74) is 1.36. The normalized spacial score (nSPS) is 23.3. The van der Waals surface area contributed by atoms with Crippen LogP contribution in [0.3, 0.4) is 0 Å². The van der Waals surface area contributed by atoms with Gasteiger partial charge in [-0.25, -0.2) is 0 Å². The molecule has 7 nitrogen and oxygen atoms in total. The SMILES string of the molecule is CC1(C)O[C@H]([C@H](O)CO)[C@H](/C=C2\CC(=O)N(C(c3ccccc3)(c3ccccc3)c3ccccc3)C2=O)O1. The van der Waals surface area contributed by atoms with Gasteiger partial charge in [-0.15, -0.1) is 0 Å². The first-order valence-corrected chi connectivity index (χ1v) is 12.7. The smallest absolute Gasteiger partial charge is 0.258 e. The molecule has 2 aliphatic heterocycles. The summed E-state index contributed by atoms with van der Waals surface area (Å²) in [6, 6.07) is 28.6. The van der Waals surface area contributed by atoms with Gasteiger partial charge < -0.3 is 19.7 Å². The number of hydrogen-bond donors (Lipinski definition) is 2. The molecule has 0 spiro atoms. The predicted molar refractivity (Wildman–Crippen MR) is 141 cm³/mol. The summed E-state index contributed by atoms with van der Waals surface area (Å²) < 4.78 is 11.8. The van der Waals surface area contributed by atoms with Gasteiger partial charge in [0.15, 0.2) is 5.79 Å². The maximum atomic E-state index is 14.2. The van der Waals surface area contributed by atoms with Crippen LogP contribution in [0.15, 0.2) is 103 Å². The summed E-state index contributed by atoms with van der Waals surface area (Å²) in [7, 11) is 0. The van der Waals surface area contributed by atoms with E-state index >= 15 is 0 Å². The van der Waals surface area contributed by atoms with E-state index in [4.69, 9.17) is 9.47 Å². The van der Waals surface area contributed by atoms with E-state index in [9.17, 15) is 19.8 Å². The molecule has 2 N–H and O–H groups in total. The molecule has 7 heteroatoms. The van der Waals surface area contributed by atoms with Crippen LogP contribution in [0.1, 0.15) is 37.0 Å². The van der Waals surface area contributed by atoms with E-state index in [0.29, 0.717) is 0 Å². The van der Waals surface area contributed by atoms with Gasteiger partial charge in [0.2, 0.25) is 5.91 Å². The number of imide groups is 1. The summed E-state index contributed by atoms with van der Waals surface area (Å²) in [6.45, 7) is 2.87. The Morgan fingerprint density at radius 2 is 1.37 bits per heavy atom. The number of aliphatic hydroxyl groups excluding tert-OH is 2. The number of ether oxygens (including phenoxy) is 2. The number of likely N-dealkylation sites (tertiary alicyclic amines) is 1. The van der Waals surface area contributed by atoms with Crippen LogP contribution in [0.5, 0.6) is 0 Å². The topological polar surface area (TPSA) is 96.3 Å². The number of aliphatic hydroxyl groups is 2. The van der Waals surface area contributed by atoms with Crippen LogP contribution >= 0.6 is 0 Å². The highest BCUT2D eigenvalue weighted by molar-refractivity contribution is 6.14. The van der Waals surface area contributed by atoms with E-state index < -0.39 is 42.2 Å². The lowest BCUT2D eigenvalue weighted by atomic mass is 9.75. The molecule has 0 unspecified atom stereocenters. The highest BCUT2D eigenvalue weighted by Crippen LogP contribution is 2.46. The Labute approximate surface area is 221 Å². The molecule has 3 atom stereocenters. The van der Waals surface area contributed by atoms with Crippen molar-refractivity contribution in [1.29, 1.82) is 0 Å². The Balaban J connectivity index is 1.67. The molecule has 0 aromatic heterocycles. The molecular formula is C31H31NO6. The number of rotatable bonds is 7. The lowest BCUT2D eigenvalue weighted by Gasteiger charge is -2.42. The van der Waals surface area contributed by atoms with Crippen LogP contribution < -0.4 is 0 Å². The number of hydrogen-bond acceptors (Lipinski definition) is 6. The predicted octanol–water partition coefficient (Wildman–Crippen LogP) is 3.54. The van der Waals surface area contributed by atoms with Crippen LogP contribution in [-0.4, -0.2) is 57.6 Å². The second-order valence-electron chi connectivity index (χ2n) is 10.0. The molecule has 0 radical (unpaired) electrons. The Morgan fingerprint density at radius 3 is 1.82 bits per heavy atom. The summed E-state index contributed by atoms with van der Waals surface area (Å²) in [6.07, 6.45) is -1.49. The average Bonchev–Trinajstić information content (AvgIpc) is 3.40. The van der Waals surface area contributed by atoms with Crippen LogP contribution in [0, 0.1) is 0 Å². The standard InChI is InChI=1S/C31H31NO6/c1-30(2)37-26(28(38-30)25(34)20-33)18-21-19-27(35)32(29(21)36)31(22-12-6-3-7-13-22,23-14-8-4-9-15-23)24-16-10-5-11-17-24/h3-18,25-26,28,33-34H,19-20H2,1-2H3/b21-18+/t25-,26+,28-/m1/s1. The van der Waals surface area contributed by atoms with Gasteiger partial charge in [-0.05, 0) is 36.6 Å². The Kier molecular flexibility index (Phi) is 7.03. The van der Waals surface area contributed by atoms with Gasteiger partial charge >= 0.3 is 0 Å². The summed E-state index contributed by atoms with van der Waals surface area (Å²) >= 11 is 0. The number of amides is 2. The largest absolute Gasteiger partial charge is 0.394 e. The maximum absolute atomic E-state index is 14.2. The average molecular weight is 514 g/mol. The van der Waals surface area contributed by atoms with Crippen molar-refractivity contribution in [3.05, 3.63) is 119 Å². The van der Waals surface area contributed by atoms with E-state index in [1.165, 1.54) is 4.90 Å². The third kappa shape index (κ3) is 4.48. The molecule has 2 amide bonds. The number of carbonyl (C=O) groups excluding carboxylic acids is 2. The van der Waals surface area contributed by atoms with Gasteiger partial charge in [0.1, 0.15) is 23.9 Å². The van der Waals surface area contributed by atoms with Crippen molar-refractivity contribution < 1.29 is 29.3 Å². The molecule has 2 aliphatic rings. The third-order valence-corrected chi connectivity index (χ3v) is 7.07. The summed E-state index contributed by atoms with van der Waals surface area (Å²) in [4.78, 5) is 29.4. The lowest BCUT2D eigenvalue weighted by molar-refractivity contribution is -0.155. The zero-order valence-corrected chi connectivity index (χ0v) is 21.4. The second kappa shape index (κ2) is 10.3. The quantitative estimate of drug-likeness (QED) is 0.285. The van der Waals surface area contributed by atoms with E-state index in [-0.39, 0.29) is 17.9 Å². The fourth-order valence-corrected chi connectivity index (χ4v) is 5.52. The maximum Gasteiger partial charge on any atom is 0.258 e.